The van der Waals surface area contributed by atoms with Gasteiger partial charge in [-0.1, -0.05) is 18.2 Å². The van der Waals surface area contributed by atoms with Crippen LogP contribution in [0.25, 0.3) is 21.9 Å². The quantitative estimate of drug-likeness (QED) is 0.722. The van der Waals surface area contributed by atoms with E-state index in [2.05, 4.69) is 5.32 Å². The number of carbonyl (C=O) groups is 1. The summed E-state index contributed by atoms with van der Waals surface area (Å²) in [5.41, 5.74) is 3.91. The van der Waals surface area contributed by atoms with Crippen LogP contribution in [0.15, 0.2) is 39.5 Å². The van der Waals surface area contributed by atoms with E-state index in [0.29, 0.717) is 21.9 Å². The van der Waals surface area contributed by atoms with Crippen molar-refractivity contribution >= 4 is 27.8 Å². The molecular weight excluding hydrogens is 328 g/mol. The molecule has 0 unspecified atom stereocenters. The van der Waals surface area contributed by atoms with Crippen LogP contribution >= 0.6 is 0 Å². The van der Waals surface area contributed by atoms with Gasteiger partial charge in [-0.3, -0.25) is 9.59 Å². The number of aryl methyl sites for hydroxylation is 2. The van der Waals surface area contributed by atoms with Crippen LogP contribution in [0.5, 0.6) is 0 Å². The van der Waals surface area contributed by atoms with Crippen molar-refractivity contribution in [3.63, 3.8) is 0 Å². The highest BCUT2D eigenvalue weighted by Crippen LogP contribution is 2.26. The molecule has 0 spiro atoms. The molecule has 26 heavy (non-hydrogen) atoms. The predicted molar refractivity (Wildman–Crippen MR) is 103 cm³/mol. The van der Waals surface area contributed by atoms with E-state index in [4.69, 9.17) is 4.42 Å². The second-order valence-corrected chi connectivity index (χ2v) is 6.92. The van der Waals surface area contributed by atoms with Gasteiger partial charge in [0.15, 0.2) is 0 Å². The molecule has 3 aromatic rings. The molecule has 134 valence electrons. The first-order valence-electron chi connectivity index (χ1n) is 8.99. The van der Waals surface area contributed by atoms with Crippen molar-refractivity contribution < 1.29 is 9.21 Å². The normalized spacial score (nSPS) is 14.9. The summed E-state index contributed by atoms with van der Waals surface area (Å²) >= 11 is 0. The molecule has 1 saturated heterocycles. The number of nitrogens with zero attached hydrogens (tertiary/aromatic N) is 1. The molecule has 1 amide bonds. The molecule has 1 aromatic heterocycles. The maximum Gasteiger partial charge on any atom is 0.227 e. The molecule has 0 saturated carbocycles. The highest BCUT2D eigenvalue weighted by Gasteiger charge is 2.19. The van der Waals surface area contributed by atoms with Gasteiger partial charge < -0.3 is 14.6 Å². The maximum absolute atomic E-state index is 12.9. The average Bonchev–Trinajstić information content (AvgIpc) is 2.66. The molecule has 1 N–H and O–H groups in total. The third-order valence-electron chi connectivity index (χ3n) is 5.28. The summed E-state index contributed by atoms with van der Waals surface area (Å²) in [6, 6.07) is 9.24. The van der Waals surface area contributed by atoms with E-state index in [-0.39, 0.29) is 17.8 Å². The van der Waals surface area contributed by atoms with Gasteiger partial charge in [0.25, 0.3) is 0 Å². The van der Waals surface area contributed by atoms with Crippen LogP contribution in [0.4, 0.5) is 0 Å². The smallest absolute Gasteiger partial charge is 0.227 e. The number of hydrogen-bond acceptors (Lipinski definition) is 4. The van der Waals surface area contributed by atoms with Gasteiger partial charge in [0.05, 0.1) is 17.2 Å². The third kappa shape index (κ3) is 2.78. The number of rotatable bonds is 2. The summed E-state index contributed by atoms with van der Waals surface area (Å²) in [6.45, 7) is 7.03. The predicted octanol–water partition coefficient (Wildman–Crippen LogP) is 2.54. The van der Waals surface area contributed by atoms with Crippen LogP contribution in [0.3, 0.4) is 0 Å². The lowest BCUT2D eigenvalue weighted by atomic mass is 10.0. The van der Waals surface area contributed by atoms with Crippen LogP contribution < -0.4 is 10.7 Å². The summed E-state index contributed by atoms with van der Waals surface area (Å²) < 4.78 is 6.17. The Balaban J connectivity index is 1.84. The number of piperazine rings is 1. The minimum absolute atomic E-state index is 0.0409. The maximum atomic E-state index is 12.9. The molecule has 1 aliphatic heterocycles. The van der Waals surface area contributed by atoms with E-state index < -0.39 is 0 Å². The van der Waals surface area contributed by atoms with Gasteiger partial charge in [0.1, 0.15) is 11.2 Å². The highest BCUT2D eigenvalue weighted by atomic mass is 16.3. The summed E-state index contributed by atoms with van der Waals surface area (Å²) in [5.74, 6) is 0.0720. The van der Waals surface area contributed by atoms with Crippen molar-refractivity contribution in [2.75, 3.05) is 26.2 Å². The van der Waals surface area contributed by atoms with Gasteiger partial charge in [-0.25, -0.2) is 0 Å². The van der Waals surface area contributed by atoms with E-state index >= 15 is 0 Å². The Morgan fingerprint density at radius 3 is 2.58 bits per heavy atom. The van der Waals surface area contributed by atoms with E-state index in [1.807, 2.05) is 43.0 Å². The molecule has 4 rings (SSSR count). The zero-order valence-electron chi connectivity index (χ0n) is 15.1. The molecular formula is C21H22N2O3. The van der Waals surface area contributed by atoms with Crippen molar-refractivity contribution in [1.29, 1.82) is 0 Å². The van der Waals surface area contributed by atoms with E-state index in [0.717, 1.165) is 42.9 Å². The molecule has 0 atom stereocenters. The Morgan fingerprint density at radius 1 is 1.08 bits per heavy atom. The molecule has 2 aromatic carbocycles. The molecule has 0 aliphatic carbocycles. The zero-order chi connectivity index (χ0) is 18.3. The number of fused-ring (bicyclic) bond motifs is 2. The average molecular weight is 350 g/mol. The van der Waals surface area contributed by atoms with Gasteiger partial charge in [-0.2, -0.15) is 0 Å². The van der Waals surface area contributed by atoms with Crippen molar-refractivity contribution in [3.8, 4) is 0 Å². The molecule has 1 aliphatic rings. The minimum atomic E-state index is -0.0409. The van der Waals surface area contributed by atoms with Crippen molar-refractivity contribution in [3.05, 3.63) is 57.2 Å². The van der Waals surface area contributed by atoms with Crippen molar-refractivity contribution in [1.82, 2.24) is 10.2 Å². The monoisotopic (exact) mass is 350 g/mol. The van der Waals surface area contributed by atoms with Crippen LogP contribution in [0, 0.1) is 13.8 Å². The number of hydrogen-bond donors (Lipinski definition) is 1. The van der Waals surface area contributed by atoms with E-state index in [1.165, 1.54) is 0 Å². The first-order chi connectivity index (χ1) is 12.6. The zero-order valence-corrected chi connectivity index (χ0v) is 15.1. The Kier molecular flexibility index (Phi) is 4.24. The number of amides is 1. The second kappa shape index (κ2) is 6.57. The Morgan fingerprint density at radius 2 is 1.81 bits per heavy atom. The SMILES string of the molecule is Cc1ccc2c(=O)c3cccc(CC(=O)N4CCNCC4)c3oc2c1C. The lowest BCUT2D eigenvalue weighted by Gasteiger charge is -2.27. The number of benzene rings is 2. The summed E-state index contributed by atoms with van der Waals surface area (Å²) in [4.78, 5) is 27.5. The van der Waals surface area contributed by atoms with Crippen LogP contribution in [-0.2, 0) is 11.2 Å². The van der Waals surface area contributed by atoms with Gasteiger partial charge in [-0.15, -0.1) is 0 Å². The van der Waals surface area contributed by atoms with Gasteiger partial charge in [-0.05, 0) is 37.1 Å². The Bertz CT molecular complexity index is 1060. The first-order valence-corrected chi connectivity index (χ1v) is 8.99. The molecule has 1 fully saturated rings. The number of nitrogens with one attached hydrogen (secondary N) is 1. The fourth-order valence-electron chi connectivity index (χ4n) is 3.56. The lowest BCUT2D eigenvalue weighted by Crippen LogP contribution is -2.46. The minimum Gasteiger partial charge on any atom is -0.455 e. The van der Waals surface area contributed by atoms with Crippen LogP contribution in [-0.4, -0.2) is 37.0 Å². The van der Waals surface area contributed by atoms with Gasteiger partial charge in [0.2, 0.25) is 11.3 Å². The van der Waals surface area contributed by atoms with Crippen molar-refractivity contribution in [2.45, 2.75) is 20.3 Å². The largest absolute Gasteiger partial charge is 0.455 e. The van der Waals surface area contributed by atoms with Gasteiger partial charge >= 0.3 is 0 Å². The molecule has 5 nitrogen and oxygen atoms in total. The molecule has 5 heteroatoms. The fourth-order valence-corrected chi connectivity index (χ4v) is 3.56. The van der Waals surface area contributed by atoms with E-state index in [9.17, 15) is 9.59 Å². The summed E-state index contributed by atoms with van der Waals surface area (Å²) in [5, 5.41) is 4.37. The molecule has 0 bridgehead atoms. The lowest BCUT2D eigenvalue weighted by molar-refractivity contribution is -0.131. The third-order valence-corrected chi connectivity index (χ3v) is 5.28. The highest BCUT2D eigenvalue weighted by molar-refractivity contribution is 5.94. The molecule has 2 heterocycles. The summed E-state index contributed by atoms with van der Waals surface area (Å²) in [6.07, 6.45) is 0.247. The standard InChI is InChI=1S/C21H22N2O3/c1-13-6-7-17-19(25)16-5-3-4-15(21(16)26-20(17)14(13)2)12-18(24)23-10-8-22-9-11-23/h3-7,22H,8-12H2,1-2H3. The van der Waals surface area contributed by atoms with Crippen LogP contribution in [0.2, 0.25) is 0 Å². The number of carbonyl (C=O) groups excluding carboxylic acids is 1. The molecule has 0 radical (unpaired) electrons. The van der Waals surface area contributed by atoms with Crippen LogP contribution in [0.1, 0.15) is 16.7 Å². The second-order valence-electron chi connectivity index (χ2n) is 6.92. The first kappa shape index (κ1) is 16.8. The fraction of sp³-hybridized carbons (Fsp3) is 0.333. The Hall–Kier alpha value is -2.66. The van der Waals surface area contributed by atoms with Gasteiger partial charge in [0, 0.05) is 31.7 Å². The van der Waals surface area contributed by atoms with Crippen molar-refractivity contribution in [2.24, 2.45) is 0 Å². The topological polar surface area (TPSA) is 62.6 Å². The van der Waals surface area contributed by atoms with E-state index in [1.54, 1.807) is 6.07 Å². The Labute approximate surface area is 151 Å². The number of para-hydroxylation sites is 1. The summed E-state index contributed by atoms with van der Waals surface area (Å²) in [7, 11) is 0.